The highest BCUT2D eigenvalue weighted by Gasteiger charge is 2.33. The monoisotopic (exact) mass is 248 g/mol. The lowest BCUT2D eigenvalue weighted by Gasteiger charge is -2.28. The van der Waals surface area contributed by atoms with Crippen LogP contribution in [0.3, 0.4) is 0 Å². The zero-order valence-electron chi connectivity index (χ0n) is 10.3. The number of benzene rings is 1. The van der Waals surface area contributed by atoms with Crippen LogP contribution in [0.15, 0.2) is 18.2 Å². The molecular formula is C13H16F4. The van der Waals surface area contributed by atoms with Gasteiger partial charge in [-0.3, -0.25) is 0 Å². The molecule has 1 rings (SSSR count). The molecule has 0 fully saturated rings. The standard InChI is InChI=1S/C13H16F4/c1-8(12(2,3)4)10-7-9(13(15,16)17)5-6-11(10)14/h5-8H,1-4H3/t8-/m1/s1. The van der Waals surface area contributed by atoms with E-state index in [2.05, 4.69) is 0 Å². The maximum absolute atomic E-state index is 13.6. The minimum absolute atomic E-state index is 0.118. The highest BCUT2D eigenvalue weighted by Crippen LogP contribution is 2.38. The van der Waals surface area contributed by atoms with Crippen LogP contribution in [0.5, 0.6) is 0 Å². The summed E-state index contributed by atoms with van der Waals surface area (Å²) in [4.78, 5) is 0. The van der Waals surface area contributed by atoms with E-state index < -0.39 is 17.6 Å². The van der Waals surface area contributed by atoms with Gasteiger partial charge in [0, 0.05) is 0 Å². The Hall–Kier alpha value is -1.06. The summed E-state index contributed by atoms with van der Waals surface area (Å²) in [6.07, 6.45) is -4.43. The molecule has 1 aromatic rings. The van der Waals surface area contributed by atoms with Gasteiger partial charge in [0.2, 0.25) is 0 Å². The molecule has 0 aliphatic carbocycles. The summed E-state index contributed by atoms with van der Waals surface area (Å²) in [7, 11) is 0. The summed E-state index contributed by atoms with van der Waals surface area (Å²) in [6.45, 7) is 7.35. The Balaban J connectivity index is 3.25. The van der Waals surface area contributed by atoms with Crippen LogP contribution < -0.4 is 0 Å². The first-order valence-electron chi connectivity index (χ1n) is 5.40. The fourth-order valence-electron chi connectivity index (χ4n) is 1.52. The Morgan fingerprint density at radius 1 is 1.06 bits per heavy atom. The Bertz CT molecular complexity index is 399. The Morgan fingerprint density at radius 2 is 1.59 bits per heavy atom. The van der Waals surface area contributed by atoms with Crippen LogP contribution in [0, 0.1) is 11.2 Å². The van der Waals surface area contributed by atoms with Gasteiger partial charge in [-0.05, 0) is 35.1 Å². The summed E-state index contributed by atoms with van der Waals surface area (Å²) < 4.78 is 51.2. The fraction of sp³-hybridized carbons (Fsp3) is 0.538. The minimum atomic E-state index is -4.43. The van der Waals surface area contributed by atoms with Gasteiger partial charge in [-0.1, -0.05) is 27.7 Å². The highest BCUT2D eigenvalue weighted by molar-refractivity contribution is 5.30. The molecule has 0 aliphatic rings. The van der Waals surface area contributed by atoms with Gasteiger partial charge in [0.1, 0.15) is 5.82 Å². The van der Waals surface area contributed by atoms with Crippen molar-refractivity contribution in [2.24, 2.45) is 5.41 Å². The number of hydrogen-bond acceptors (Lipinski definition) is 0. The molecule has 0 amide bonds. The van der Waals surface area contributed by atoms with Gasteiger partial charge in [0.05, 0.1) is 5.56 Å². The van der Waals surface area contributed by atoms with E-state index in [4.69, 9.17) is 0 Å². The predicted molar refractivity (Wildman–Crippen MR) is 59.3 cm³/mol. The number of rotatable bonds is 1. The molecule has 1 atom stereocenters. The molecule has 0 aromatic heterocycles. The largest absolute Gasteiger partial charge is 0.416 e. The smallest absolute Gasteiger partial charge is 0.207 e. The second-order valence-electron chi connectivity index (χ2n) is 5.32. The van der Waals surface area contributed by atoms with E-state index in [1.54, 1.807) is 6.92 Å². The number of alkyl halides is 3. The zero-order chi connectivity index (χ0) is 13.4. The molecule has 17 heavy (non-hydrogen) atoms. The second kappa shape index (κ2) is 4.31. The molecule has 0 bridgehead atoms. The summed E-state index contributed by atoms with van der Waals surface area (Å²) in [5, 5.41) is 0. The van der Waals surface area contributed by atoms with Gasteiger partial charge in [-0.15, -0.1) is 0 Å². The van der Waals surface area contributed by atoms with E-state index in [0.717, 1.165) is 18.2 Å². The lowest BCUT2D eigenvalue weighted by atomic mass is 9.77. The predicted octanol–water partition coefficient (Wildman–Crippen LogP) is 4.99. The maximum atomic E-state index is 13.6. The molecule has 0 heterocycles. The Morgan fingerprint density at radius 3 is 2.00 bits per heavy atom. The third kappa shape index (κ3) is 3.20. The normalized spacial score (nSPS) is 14.8. The first kappa shape index (κ1) is 14.0. The van der Waals surface area contributed by atoms with Crippen LogP contribution in [-0.4, -0.2) is 0 Å². The van der Waals surface area contributed by atoms with Crippen molar-refractivity contribution in [2.75, 3.05) is 0 Å². The van der Waals surface area contributed by atoms with Crippen molar-refractivity contribution in [3.8, 4) is 0 Å². The molecule has 0 aliphatic heterocycles. The van der Waals surface area contributed by atoms with Gasteiger partial charge in [-0.2, -0.15) is 13.2 Å². The van der Waals surface area contributed by atoms with Gasteiger partial charge in [-0.25, -0.2) is 4.39 Å². The topological polar surface area (TPSA) is 0 Å². The summed E-state index contributed by atoms with van der Waals surface area (Å²) in [5.74, 6) is -0.870. The molecular weight excluding hydrogens is 232 g/mol. The lowest BCUT2D eigenvalue weighted by molar-refractivity contribution is -0.137. The van der Waals surface area contributed by atoms with E-state index in [0.29, 0.717) is 0 Å². The van der Waals surface area contributed by atoms with Crippen LogP contribution in [0.4, 0.5) is 17.6 Å². The Labute approximate surface area is 98.6 Å². The number of hydrogen-bond donors (Lipinski definition) is 0. The van der Waals surface area contributed by atoms with Crippen molar-refractivity contribution in [2.45, 2.75) is 39.8 Å². The fourth-order valence-corrected chi connectivity index (χ4v) is 1.52. The van der Waals surface area contributed by atoms with Crippen molar-refractivity contribution >= 4 is 0 Å². The molecule has 1 aromatic carbocycles. The van der Waals surface area contributed by atoms with Crippen LogP contribution in [0.1, 0.15) is 44.7 Å². The highest BCUT2D eigenvalue weighted by atomic mass is 19.4. The SMILES string of the molecule is C[C@H](c1cc(C(F)(F)F)ccc1F)C(C)(C)C. The van der Waals surface area contributed by atoms with Gasteiger partial charge in [0.15, 0.2) is 0 Å². The molecule has 0 radical (unpaired) electrons. The van der Waals surface area contributed by atoms with E-state index in [-0.39, 0.29) is 16.9 Å². The maximum Gasteiger partial charge on any atom is 0.416 e. The third-order valence-corrected chi connectivity index (χ3v) is 3.09. The van der Waals surface area contributed by atoms with Crippen LogP contribution in [-0.2, 0) is 6.18 Å². The Kier molecular flexibility index (Phi) is 3.55. The summed E-state index contributed by atoms with van der Waals surface area (Å²) in [6, 6.07) is 2.57. The average Bonchev–Trinajstić information content (AvgIpc) is 2.14. The van der Waals surface area contributed by atoms with Crippen LogP contribution >= 0.6 is 0 Å². The molecule has 0 spiro atoms. The first-order chi connectivity index (χ1) is 7.53. The van der Waals surface area contributed by atoms with E-state index in [9.17, 15) is 17.6 Å². The van der Waals surface area contributed by atoms with Crippen molar-refractivity contribution in [3.05, 3.63) is 35.1 Å². The first-order valence-corrected chi connectivity index (χ1v) is 5.40. The molecule has 0 saturated heterocycles. The second-order valence-corrected chi connectivity index (χ2v) is 5.32. The molecule has 0 unspecified atom stereocenters. The summed E-state index contributed by atoms with van der Waals surface area (Å²) >= 11 is 0. The molecule has 0 saturated carbocycles. The minimum Gasteiger partial charge on any atom is -0.207 e. The van der Waals surface area contributed by atoms with Crippen molar-refractivity contribution in [1.29, 1.82) is 0 Å². The molecule has 96 valence electrons. The van der Waals surface area contributed by atoms with Crippen molar-refractivity contribution in [1.82, 2.24) is 0 Å². The average molecular weight is 248 g/mol. The van der Waals surface area contributed by atoms with Gasteiger partial charge >= 0.3 is 6.18 Å². The van der Waals surface area contributed by atoms with Gasteiger partial charge in [0.25, 0.3) is 0 Å². The van der Waals surface area contributed by atoms with E-state index in [1.165, 1.54) is 0 Å². The molecule has 0 nitrogen and oxygen atoms in total. The van der Waals surface area contributed by atoms with Crippen LogP contribution in [0.25, 0.3) is 0 Å². The van der Waals surface area contributed by atoms with Crippen LogP contribution in [0.2, 0.25) is 0 Å². The summed E-state index contributed by atoms with van der Waals surface area (Å²) in [5.41, 5.74) is -0.970. The quantitative estimate of drug-likeness (QED) is 0.614. The van der Waals surface area contributed by atoms with E-state index >= 15 is 0 Å². The lowest BCUT2D eigenvalue weighted by Crippen LogP contribution is -2.17. The third-order valence-electron chi connectivity index (χ3n) is 3.09. The zero-order valence-corrected chi connectivity index (χ0v) is 10.3. The van der Waals surface area contributed by atoms with Crippen molar-refractivity contribution in [3.63, 3.8) is 0 Å². The molecule has 4 heteroatoms. The van der Waals surface area contributed by atoms with E-state index in [1.807, 2.05) is 20.8 Å². The van der Waals surface area contributed by atoms with Crippen molar-refractivity contribution < 1.29 is 17.6 Å². The van der Waals surface area contributed by atoms with Gasteiger partial charge < -0.3 is 0 Å². The molecule has 0 N–H and O–H groups in total. The number of halogens is 4.